The normalized spacial score (nSPS) is 29.3. The van der Waals surface area contributed by atoms with Crippen LogP contribution in [0.3, 0.4) is 0 Å². The average molecular weight is 610 g/mol. The third-order valence-electron chi connectivity index (χ3n) is 7.67. The first kappa shape index (κ1) is 28.8. The Balaban J connectivity index is 1.73. The van der Waals surface area contributed by atoms with Crippen LogP contribution in [0.15, 0.2) is 49.6 Å². The van der Waals surface area contributed by atoms with E-state index in [1.54, 1.807) is 35.2 Å². The van der Waals surface area contributed by atoms with Crippen LogP contribution in [0.25, 0.3) is 0 Å². The molecule has 3 aliphatic rings. The number of aliphatic hydroxyl groups excluding tert-OH is 1. The molecule has 3 saturated heterocycles. The van der Waals surface area contributed by atoms with E-state index in [9.17, 15) is 14.4 Å². The molecule has 0 saturated carbocycles. The van der Waals surface area contributed by atoms with E-state index in [1.165, 1.54) is 11.0 Å². The molecule has 0 aromatic heterocycles. The molecule has 4 rings (SSSR count). The number of para-hydroxylation sites is 1. The van der Waals surface area contributed by atoms with Gasteiger partial charge in [0.25, 0.3) is 5.91 Å². The van der Waals surface area contributed by atoms with Gasteiger partial charge in [-0.3, -0.25) is 14.4 Å². The van der Waals surface area contributed by atoms with E-state index in [0.29, 0.717) is 36.5 Å². The van der Waals surface area contributed by atoms with Crippen molar-refractivity contribution in [3.63, 3.8) is 0 Å². The van der Waals surface area contributed by atoms with Crippen molar-refractivity contribution < 1.29 is 29.0 Å². The highest BCUT2D eigenvalue weighted by molar-refractivity contribution is 9.09. The summed E-state index contributed by atoms with van der Waals surface area (Å²) < 4.78 is 11.9. The number of rotatable bonds is 13. The van der Waals surface area contributed by atoms with Gasteiger partial charge < -0.3 is 24.4 Å². The Morgan fingerprint density at radius 2 is 1.97 bits per heavy atom. The Hall–Kier alpha value is -2.20. The predicted octanol–water partition coefficient (Wildman–Crippen LogP) is 3.89. The van der Waals surface area contributed by atoms with Gasteiger partial charge in [-0.25, -0.2) is 0 Å². The summed E-state index contributed by atoms with van der Waals surface area (Å²) in [6.45, 7) is 8.07. The van der Waals surface area contributed by atoms with Crippen molar-refractivity contribution in [1.82, 2.24) is 4.90 Å². The molecule has 10 heteroatoms. The maximum Gasteiger partial charge on any atom is 0.312 e. The minimum Gasteiger partial charge on any atom is -0.461 e. The van der Waals surface area contributed by atoms with E-state index in [4.69, 9.17) is 26.2 Å². The zero-order chi connectivity index (χ0) is 27.4. The van der Waals surface area contributed by atoms with Crippen LogP contribution < -0.4 is 4.90 Å². The zero-order valence-electron chi connectivity index (χ0n) is 21.3. The van der Waals surface area contributed by atoms with Crippen LogP contribution in [0.5, 0.6) is 0 Å². The van der Waals surface area contributed by atoms with Gasteiger partial charge in [-0.05, 0) is 31.4 Å². The second-order valence-electron chi connectivity index (χ2n) is 9.94. The Bertz CT molecular complexity index is 1090. The molecular weight excluding hydrogens is 576 g/mol. The second kappa shape index (κ2) is 12.3. The van der Waals surface area contributed by atoms with Crippen LogP contribution in [0, 0.1) is 11.8 Å². The molecule has 38 heavy (non-hydrogen) atoms. The highest BCUT2D eigenvalue weighted by Crippen LogP contribution is 2.60. The standard InChI is InChI=1S/C28H34BrClN2O6/c1-3-13-31(20-12-8-7-11-19(20)30)26(35)24-28-17-18(29)23(38-28)21(27(36)37-16-4-2)22(28)25(34)32(24)14-9-5-6-10-15-33/h3-4,7-8,11-12,18,21-24,33H,1-2,5-6,9-10,13-17H2/t18?,21-,22-,23-,24?,28?/m0/s1. The summed E-state index contributed by atoms with van der Waals surface area (Å²) in [6, 6.07) is 6.09. The van der Waals surface area contributed by atoms with Gasteiger partial charge in [-0.1, -0.05) is 71.2 Å². The second-order valence-corrected chi connectivity index (χ2v) is 11.5. The molecule has 2 bridgehead atoms. The number of hydrogen-bond acceptors (Lipinski definition) is 6. The number of halogens is 2. The average Bonchev–Trinajstić information content (AvgIpc) is 3.49. The summed E-state index contributed by atoms with van der Waals surface area (Å²) in [5.41, 5.74) is -0.671. The fourth-order valence-corrected chi connectivity index (χ4v) is 7.34. The molecule has 0 aliphatic carbocycles. The quantitative estimate of drug-likeness (QED) is 0.158. The zero-order valence-corrected chi connectivity index (χ0v) is 23.6. The lowest BCUT2D eigenvalue weighted by molar-refractivity contribution is -0.153. The van der Waals surface area contributed by atoms with Crippen LogP contribution in [-0.2, 0) is 23.9 Å². The van der Waals surface area contributed by atoms with Crippen molar-refractivity contribution in [3.05, 3.63) is 54.6 Å². The lowest BCUT2D eigenvalue weighted by Crippen LogP contribution is -2.57. The number of unbranched alkanes of at least 4 members (excludes halogenated alkanes) is 3. The van der Waals surface area contributed by atoms with E-state index in [-0.39, 0.29) is 36.4 Å². The number of alkyl halides is 1. The van der Waals surface area contributed by atoms with E-state index in [0.717, 1.165) is 12.8 Å². The van der Waals surface area contributed by atoms with Crippen molar-refractivity contribution in [2.24, 2.45) is 11.8 Å². The third kappa shape index (κ3) is 5.06. The van der Waals surface area contributed by atoms with Gasteiger partial charge in [-0.2, -0.15) is 0 Å². The summed E-state index contributed by atoms with van der Waals surface area (Å²) in [5, 5.41) is 9.52. The first-order valence-corrected chi connectivity index (χ1v) is 14.3. The lowest BCUT2D eigenvalue weighted by Gasteiger charge is -2.37. The Labute approximate surface area is 236 Å². The maximum atomic E-state index is 14.4. The van der Waals surface area contributed by atoms with Gasteiger partial charge in [-0.15, -0.1) is 6.58 Å². The number of aliphatic hydroxyl groups is 1. The molecule has 0 radical (unpaired) electrons. The summed E-state index contributed by atoms with van der Waals surface area (Å²) in [4.78, 5) is 44.5. The molecule has 1 spiro atoms. The number of nitrogens with zero attached hydrogens (tertiary/aromatic N) is 2. The number of ether oxygens (including phenoxy) is 2. The molecule has 6 atom stereocenters. The molecule has 1 N–H and O–H groups in total. The third-order valence-corrected chi connectivity index (χ3v) is 8.83. The van der Waals surface area contributed by atoms with Crippen molar-refractivity contribution in [2.45, 2.75) is 54.7 Å². The summed E-state index contributed by atoms with van der Waals surface area (Å²) >= 11 is 10.1. The molecule has 3 heterocycles. The molecular formula is C28H34BrClN2O6. The molecule has 1 aromatic rings. The van der Waals surface area contributed by atoms with Crippen LogP contribution in [-0.4, -0.2) is 76.7 Å². The van der Waals surface area contributed by atoms with Crippen LogP contribution >= 0.6 is 27.5 Å². The van der Waals surface area contributed by atoms with E-state index < -0.39 is 35.6 Å². The number of hydrogen-bond donors (Lipinski definition) is 1. The predicted molar refractivity (Wildman–Crippen MR) is 148 cm³/mol. The Morgan fingerprint density at radius 1 is 1.24 bits per heavy atom. The molecule has 3 aliphatic heterocycles. The highest BCUT2D eigenvalue weighted by Gasteiger charge is 2.77. The molecule has 8 nitrogen and oxygen atoms in total. The number of fused-ring (bicyclic) bond motifs is 1. The van der Waals surface area contributed by atoms with E-state index >= 15 is 0 Å². The first-order valence-electron chi connectivity index (χ1n) is 13.0. The number of benzene rings is 1. The number of anilines is 1. The van der Waals surface area contributed by atoms with Gasteiger partial charge in [0.1, 0.15) is 18.2 Å². The fraction of sp³-hybridized carbons (Fsp3) is 0.536. The smallest absolute Gasteiger partial charge is 0.312 e. The number of esters is 1. The SMILES string of the molecule is C=CCOC(=O)[C@H]1[C@H]2C(=O)N(CCCCCCO)C(C(=O)N(CC=C)c3ccccc3Cl)C23CC(Br)[C@@H]1O3. The van der Waals surface area contributed by atoms with Gasteiger partial charge in [0.2, 0.25) is 5.91 Å². The summed E-state index contributed by atoms with van der Waals surface area (Å²) in [7, 11) is 0. The van der Waals surface area contributed by atoms with Gasteiger partial charge in [0.15, 0.2) is 0 Å². The minimum absolute atomic E-state index is 0.0272. The lowest BCUT2D eigenvalue weighted by atomic mass is 9.70. The monoisotopic (exact) mass is 608 g/mol. The minimum atomic E-state index is -1.18. The summed E-state index contributed by atoms with van der Waals surface area (Å²) in [6.07, 6.45) is 5.84. The topological polar surface area (TPSA) is 96.4 Å². The molecule has 3 unspecified atom stereocenters. The molecule has 206 valence electrons. The summed E-state index contributed by atoms with van der Waals surface area (Å²) in [5.74, 6) is -2.79. The van der Waals surface area contributed by atoms with Gasteiger partial charge in [0.05, 0.1) is 28.6 Å². The number of carbonyl (C=O) groups excluding carboxylic acids is 3. The molecule has 1 aromatic carbocycles. The van der Waals surface area contributed by atoms with Crippen LogP contribution in [0.1, 0.15) is 32.1 Å². The molecule has 2 amide bonds. The van der Waals surface area contributed by atoms with Gasteiger partial charge >= 0.3 is 5.97 Å². The first-order chi connectivity index (χ1) is 18.3. The van der Waals surface area contributed by atoms with Crippen molar-refractivity contribution in [3.8, 4) is 0 Å². The maximum absolute atomic E-state index is 14.4. The van der Waals surface area contributed by atoms with Crippen LogP contribution in [0.2, 0.25) is 5.02 Å². The fourth-order valence-electron chi connectivity index (χ4n) is 6.16. The Kier molecular flexibility index (Phi) is 9.34. The van der Waals surface area contributed by atoms with E-state index in [2.05, 4.69) is 29.1 Å². The highest BCUT2D eigenvalue weighted by atomic mass is 79.9. The number of carbonyl (C=O) groups is 3. The van der Waals surface area contributed by atoms with E-state index in [1.807, 2.05) is 0 Å². The molecule has 3 fully saturated rings. The van der Waals surface area contributed by atoms with Crippen LogP contribution in [0.4, 0.5) is 5.69 Å². The van der Waals surface area contributed by atoms with Crippen molar-refractivity contribution in [1.29, 1.82) is 0 Å². The van der Waals surface area contributed by atoms with Gasteiger partial charge in [0, 0.05) is 24.5 Å². The Morgan fingerprint density at radius 3 is 2.66 bits per heavy atom. The van der Waals surface area contributed by atoms with Crippen molar-refractivity contribution in [2.75, 3.05) is 31.2 Å². The largest absolute Gasteiger partial charge is 0.461 e. The van der Waals surface area contributed by atoms with Crippen molar-refractivity contribution >= 4 is 51.0 Å². The number of amides is 2. The number of likely N-dealkylation sites (tertiary alicyclic amines) is 1.